The van der Waals surface area contributed by atoms with Crippen molar-refractivity contribution in [1.29, 1.82) is 0 Å². The van der Waals surface area contributed by atoms with E-state index in [1.807, 2.05) is 41.5 Å². The number of allylic oxidation sites excluding steroid dienone is 1. The predicted molar refractivity (Wildman–Crippen MR) is 209 cm³/mol. The minimum Gasteiger partial charge on any atom is -0.490 e. The van der Waals surface area contributed by atoms with Gasteiger partial charge in [-0.15, -0.1) is 16.1 Å². The highest BCUT2D eigenvalue weighted by Gasteiger charge is 2.45. The van der Waals surface area contributed by atoms with Gasteiger partial charge in [0.2, 0.25) is 0 Å². The summed E-state index contributed by atoms with van der Waals surface area (Å²) in [7, 11) is -1.84. The molecule has 5 aliphatic rings. The maximum Gasteiger partial charge on any atom is 0.286 e. The van der Waals surface area contributed by atoms with E-state index in [9.17, 15) is 13.8 Å². The molecule has 10 nitrogen and oxygen atoms in total. The van der Waals surface area contributed by atoms with Gasteiger partial charge in [0.15, 0.2) is 0 Å². The first-order chi connectivity index (χ1) is 25.6. The molecule has 1 fully saturated rings. The van der Waals surface area contributed by atoms with Gasteiger partial charge in [-0.25, -0.2) is 4.21 Å². The molecule has 1 unspecified atom stereocenters. The van der Waals surface area contributed by atoms with Crippen LogP contribution in [-0.2, 0) is 43.7 Å². The number of anilines is 1. The molecule has 8 rings (SSSR count). The highest BCUT2D eigenvalue weighted by atomic mass is 35.5. The lowest BCUT2D eigenvalue weighted by Gasteiger charge is -2.45. The number of rotatable bonds is 3. The fraction of sp³-hybridized carbons (Fsp3) is 0.500. The van der Waals surface area contributed by atoms with Crippen LogP contribution in [0.15, 0.2) is 65.2 Å². The van der Waals surface area contributed by atoms with Crippen molar-refractivity contribution in [2.24, 2.45) is 22.1 Å². The highest BCUT2D eigenvalue weighted by Crippen LogP contribution is 2.49. The van der Waals surface area contributed by atoms with Crippen LogP contribution in [0.5, 0.6) is 5.75 Å². The monoisotopic (exact) mass is 778 g/mol. The van der Waals surface area contributed by atoms with Crippen molar-refractivity contribution in [2.75, 3.05) is 44.1 Å². The summed E-state index contributed by atoms with van der Waals surface area (Å²) in [4.78, 5) is 30.3. The van der Waals surface area contributed by atoms with Crippen LogP contribution in [0.3, 0.4) is 0 Å². The molecule has 1 N–H and O–H groups in total. The molecule has 2 amide bonds. The van der Waals surface area contributed by atoms with Crippen molar-refractivity contribution in [2.45, 2.75) is 68.8 Å². The van der Waals surface area contributed by atoms with Gasteiger partial charge < -0.3 is 23.7 Å². The fourth-order valence-electron chi connectivity index (χ4n) is 8.49. The van der Waals surface area contributed by atoms with E-state index in [-0.39, 0.29) is 16.8 Å². The molecule has 1 aliphatic carbocycles. The first-order valence-electron chi connectivity index (χ1n) is 18.6. The number of carbonyl (C=O) groups is 2. The van der Waals surface area contributed by atoms with Gasteiger partial charge in [-0.1, -0.05) is 36.7 Å². The third-order valence-electron chi connectivity index (χ3n) is 12.0. The molecule has 2 bridgehead atoms. The van der Waals surface area contributed by atoms with E-state index in [0.717, 1.165) is 48.0 Å². The Hall–Kier alpha value is -3.29. The SMILES string of the molecule is CO[C@H]1/C=C/C[C@H](C)[C@@H](C)S(=O)(NC(=O)c2cc3n(c2)CCOC3)=NC(=O)c2ccc3c(c2)N(C[C@@H]2CC[C@H]21)C[C@]1(CO3)SCCc2cc(Cl)ccc21. The predicted octanol–water partition coefficient (Wildman–Crippen LogP) is 7.03. The Morgan fingerprint density at radius 2 is 2.04 bits per heavy atom. The number of amides is 2. The molecule has 1 aromatic heterocycles. The fourth-order valence-corrected chi connectivity index (χ4v) is 12.0. The number of fused-ring (bicyclic) bond motifs is 5. The molecule has 3 aromatic rings. The second-order valence-corrected chi connectivity index (χ2v) is 19.3. The third kappa shape index (κ3) is 7.06. The number of ether oxygens (including phenoxy) is 3. The summed E-state index contributed by atoms with van der Waals surface area (Å²) >= 11 is 8.39. The quantitative estimate of drug-likeness (QED) is 0.282. The van der Waals surface area contributed by atoms with Gasteiger partial charge in [-0.3, -0.25) is 14.3 Å². The Labute approximate surface area is 321 Å². The van der Waals surface area contributed by atoms with Gasteiger partial charge in [0.25, 0.3) is 11.8 Å². The van der Waals surface area contributed by atoms with Crippen LogP contribution in [0.4, 0.5) is 5.69 Å². The largest absolute Gasteiger partial charge is 0.490 e. The van der Waals surface area contributed by atoms with Crippen LogP contribution in [0.2, 0.25) is 5.02 Å². The molecule has 1 saturated carbocycles. The second-order valence-electron chi connectivity index (χ2n) is 15.2. The summed E-state index contributed by atoms with van der Waals surface area (Å²) in [5.41, 5.74) is 4.81. The maximum absolute atomic E-state index is 15.0. The number of carbonyl (C=O) groups excluding carboxylic acids is 2. The van der Waals surface area contributed by atoms with Crippen molar-refractivity contribution in [3.05, 3.63) is 93.8 Å². The molecule has 53 heavy (non-hydrogen) atoms. The Balaban J connectivity index is 1.20. The molecule has 4 aliphatic heterocycles. The van der Waals surface area contributed by atoms with E-state index >= 15 is 0 Å². The molecule has 13 heteroatoms. The van der Waals surface area contributed by atoms with Gasteiger partial charge >= 0.3 is 0 Å². The van der Waals surface area contributed by atoms with Crippen LogP contribution in [-0.4, -0.2) is 71.1 Å². The average Bonchev–Trinajstić information content (AvgIpc) is 3.52. The molecule has 0 saturated heterocycles. The standard InChI is InChI=1S/C40H47ClN4O6S2/c1-25-5-4-6-36(49-3)33-10-7-29(33)20-45-23-40(34-11-9-31(41)17-27(34)13-16-52-40)24-51-37-12-8-28(19-35(37)45)38(46)42-53(48,26(25)2)43-39(47)30-18-32-22-50-15-14-44(32)21-30/h4,6,8-9,11-12,17-19,21,25-26,29,33,36H,5,7,10,13-16,20,22-24H2,1-3H3,(H,42,43,46,47,48)/b6-4+/t25-,26+,29-,33+,36-,40+,53?/m0/s1. The number of benzene rings is 2. The normalized spacial score (nSPS) is 31.8. The molecule has 282 valence electrons. The van der Waals surface area contributed by atoms with Crippen LogP contribution in [0.1, 0.15) is 70.6 Å². The second kappa shape index (κ2) is 14.7. The highest BCUT2D eigenvalue weighted by molar-refractivity contribution is 8.00. The zero-order valence-electron chi connectivity index (χ0n) is 30.4. The van der Waals surface area contributed by atoms with Gasteiger partial charge in [0.1, 0.15) is 22.3 Å². The van der Waals surface area contributed by atoms with E-state index < -0.39 is 27.0 Å². The molecule has 2 aromatic carbocycles. The molecule has 5 heterocycles. The smallest absolute Gasteiger partial charge is 0.286 e. The number of aryl methyl sites for hydroxylation is 1. The number of hydrogen-bond acceptors (Lipinski definition) is 8. The number of methoxy groups -OCH3 is 1. The van der Waals surface area contributed by atoms with E-state index in [4.69, 9.17) is 25.8 Å². The van der Waals surface area contributed by atoms with Gasteiger partial charge in [0, 0.05) is 49.2 Å². The molecule has 0 radical (unpaired) electrons. The number of hydrogen-bond donors (Lipinski definition) is 1. The Kier molecular flexibility index (Phi) is 10.2. The zero-order valence-corrected chi connectivity index (χ0v) is 32.8. The van der Waals surface area contributed by atoms with Gasteiger partial charge in [-0.05, 0) is 104 Å². The number of nitrogens with zero attached hydrogens (tertiary/aromatic N) is 3. The first kappa shape index (κ1) is 36.7. The third-order valence-corrected chi connectivity index (χ3v) is 16.0. The number of thioether (sulfide) groups is 1. The van der Waals surface area contributed by atoms with Crippen molar-refractivity contribution in [1.82, 2.24) is 9.29 Å². The van der Waals surface area contributed by atoms with E-state index in [0.29, 0.717) is 68.0 Å². The van der Waals surface area contributed by atoms with Crippen molar-refractivity contribution < 1.29 is 28.0 Å². The van der Waals surface area contributed by atoms with Crippen molar-refractivity contribution >= 4 is 50.8 Å². The summed E-state index contributed by atoms with van der Waals surface area (Å²) in [5, 5.41) is 0.0822. The average molecular weight is 779 g/mol. The van der Waals surface area contributed by atoms with Crippen LogP contribution in [0.25, 0.3) is 0 Å². The molecular formula is C40H47ClN4O6S2. The minimum atomic E-state index is -3.61. The summed E-state index contributed by atoms with van der Waals surface area (Å²) < 4.78 is 42.0. The molecular weight excluding hydrogens is 732 g/mol. The lowest BCUT2D eigenvalue weighted by Crippen LogP contribution is -2.48. The number of nitrogens with one attached hydrogen (secondary N) is 1. The van der Waals surface area contributed by atoms with Crippen LogP contribution < -0.4 is 14.4 Å². The number of halogens is 1. The maximum atomic E-state index is 15.0. The van der Waals surface area contributed by atoms with Crippen LogP contribution in [0, 0.1) is 17.8 Å². The topological polar surface area (TPSA) is 111 Å². The lowest BCUT2D eigenvalue weighted by atomic mass is 9.70. The summed E-state index contributed by atoms with van der Waals surface area (Å²) in [6, 6.07) is 13.3. The summed E-state index contributed by atoms with van der Waals surface area (Å²) in [6.07, 6.45) is 9.57. The van der Waals surface area contributed by atoms with Gasteiger partial charge in [0.05, 0.1) is 40.6 Å². The Morgan fingerprint density at radius 3 is 2.83 bits per heavy atom. The van der Waals surface area contributed by atoms with E-state index in [1.165, 1.54) is 11.1 Å². The minimum absolute atomic E-state index is 0.0701. The van der Waals surface area contributed by atoms with Crippen molar-refractivity contribution in [3.8, 4) is 5.75 Å². The Morgan fingerprint density at radius 1 is 1.17 bits per heavy atom. The van der Waals surface area contributed by atoms with Crippen molar-refractivity contribution in [3.63, 3.8) is 0 Å². The lowest BCUT2D eigenvalue weighted by molar-refractivity contribution is 0.0134. The Bertz CT molecular complexity index is 2050. The summed E-state index contributed by atoms with van der Waals surface area (Å²) in [5.74, 6) is 0.988. The van der Waals surface area contributed by atoms with E-state index in [2.05, 4.69) is 38.3 Å². The summed E-state index contributed by atoms with van der Waals surface area (Å²) in [6.45, 7) is 7.28. The molecule has 1 spiro atoms. The number of aromatic nitrogens is 1. The van der Waals surface area contributed by atoms with Crippen LogP contribution >= 0.6 is 23.4 Å². The van der Waals surface area contributed by atoms with Gasteiger partial charge in [-0.2, -0.15) is 0 Å². The first-order valence-corrected chi connectivity index (χ1v) is 21.5. The molecule has 7 atom stereocenters. The zero-order chi connectivity index (χ0) is 36.9. The van der Waals surface area contributed by atoms with E-state index in [1.54, 1.807) is 32.4 Å².